The van der Waals surface area contributed by atoms with Crippen molar-refractivity contribution in [1.29, 1.82) is 0 Å². The molecule has 4 nitrogen and oxygen atoms in total. The highest BCUT2D eigenvalue weighted by Crippen LogP contribution is 1.96. The number of nitrogens with zero attached hydrogens (tertiary/aromatic N) is 2. The molecule has 0 aromatic carbocycles. The van der Waals surface area contributed by atoms with E-state index >= 15 is 0 Å². The lowest BCUT2D eigenvalue weighted by Crippen LogP contribution is -2.05. The Hall–Kier alpha value is -1.45. The first-order valence-corrected chi connectivity index (χ1v) is 3.75. The van der Waals surface area contributed by atoms with Crippen LogP contribution in [0.4, 0.5) is 0 Å². The van der Waals surface area contributed by atoms with Gasteiger partial charge in [0.15, 0.2) is 0 Å². The minimum atomic E-state index is -0.900. The SMILES string of the molecule is CCc1ccnc(CC(=O)O)n1. The summed E-state index contributed by atoms with van der Waals surface area (Å²) in [6, 6.07) is 1.78. The number of hydrogen-bond acceptors (Lipinski definition) is 3. The van der Waals surface area contributed by atoms with Gasteiger partial charge in [0.05, 0.1) is 0 Å². The number of carboxylic acids is 1. The topological polar surface area (TPSA) is 63.1 Å². The van der Waals surface area contributed by atoms with Gasteiger partial charge in [0.2, 0.25) is 0 Å². The van der Waals surface area contributed by atoms with Gasteiger partial charge in [-0.15, -0.1) is 0 Å². The fourth-order valence-corrected chi connectivity index (χ4v) is 0.859. The van der Waals surface area contributed by atoms with E-state index in [0.29, 0.717) is 5.82 Å². The zero-order valence-corrected chi connectivity index (χ0v) is 6.82. The van der Waals surface area contributed by atoms with Crippen molar-refractivity contribution in [3.63, 3.8) is 0 Å². The van der Waals surface area contributed by atoms with Crippen molar-refractivity contribution in [2.45, 2.75) is 19.8 Å². The molecule has 0 aliphatic rings. The van der Waals surface area contributed by atoms with E-state index in [1.807, 2.05) is 6.92 Å². The molecule has 1 heterocycles. The van der Waals surface area contributed by atoms with Gasteiger partial charge in [-0.3, -0.25) is 4.79 Å². The third-order valence-electron chi connectivity index (χ3n) is 1.43. The summed E-state index contributed by atoms with van der Waals surface area (Å²) < 4.78 is 0. The second kappa shape index (κ2) is 3.80. The van der Waals surface area contributed by atoms with Crippen LogP contribution < -0.4 is 0 Å². The molecule has 64 valence electrons. The number of aliphatic carboxylic acids is 1. The maximum absolute atomic E-state index is 10.3. The van der Waals surface area contributed by atoms with Gasteiger partial charge in [0.1, 0.15) is 12.2 Å². The molecule has 0 aliphatic carbocycles. The summed E-state index contributed by atoms with van der Waals surface area (Å²) in [4.78, 5) is 18.2. The summed E-state index contributed by atoms with van der Waals surface area (Å²) in [7, 11) is 0. The van der Waals surface area contributed by atoms with Gasteiger partial charge in [-0.25, -0.2) is 9.97 Å². The van der Waals surface area contributed by atoms with E-state index in [1.165, 1.54) is 0 Å². The summed E-state index contributed by atoms with van der Waals surface area (Å²) >= 11 is 0. The lowest BCUT2D eigenvalue weighted by molar-refractivity contribution is -0.136. The van der Waals surface area contributed by atoms with Crippen LogP contribution in [0, 0.1) is 0 Å². The molecule has 0 fully saturated rings. The minimum Gasteiger partial charge on any atom is -0.481 e. The summed E-state index contributed by atoms with van der Waals surface area (Å²) in [6.07, 6.45) is 2.28. The third kappa shape index (κ3) is 2.30. The molecule has 1 N–H and O–H groups in total. The van der Waals surface area contributed by atoms with Crippen LogP contribution in [0.5, 0.6) is 0 Å². The van der Waals surface area contributed by atoms with Crippen molar-refractivity contribution in [2.75, 3.05) is 0 Å². The van der Waals surface area contributed by atoms with Crippen LogP contribution in [0.15, 0.2) is 12.3 Å². The molecule has 0 radical (unpaired) electrons. The van der Waals surface area contributed by atoms with Crippen molar-refractivity contribution in [2.24, 2.45) is 0 Å². The maximum atomic E-state index is 10.3. The lowest BCUT2D eigenvalue weighted by atomic mass is 10.3. The summed E-state index contributed by atoms with van der Waals surface area (Å²) in [6.45, 7) is 1.97. The van der Waals surface area contributed by atoms with Crippen LogP contribution >= 0.6 is 0 Å². The third-order valence-corrected chi connectivity index (χ3v) is 1.43. The monoisotopic (exact) mass is 166 g/mol. The van der Waals surface area contributed by atoms with Crippen LogP contribution in [0.25, 0.3) is 0 Å². The molecule has 12 heavy (non-hydrogen) atoms. The van der Waals surface area contributed by atoms with E-state index < -0.39 is 5.97 Å². The van der Waals surface area contributed by atoms with E-state index in [9.17, 15) is 4.79 Å². The Kier molecular flexibility index (Phi) is 2.74. The Labute approximate surface area is 70.3 Å². The first kappa shape index (κ1) is 8.64. The molecule has 0 amide bonds. The Balaban J connectivity index is 2.79. The van der Waals surface area contributed by atoms with Gasteiger partial charge < -0.3 is 5.11 Å². The second-order valence-corrected chi connectivity index (χ2v) is 2.39. The Morgan fingerprint density at radius 3 is 3.00 bits per heavy atom. The van der Waals surface area contributed by atoms with E-state index in [2.05, 4.69) is 9.97 Å². The highest BCUT2D eigenvalue weighted by Gasteiger charge is 2.02. The molecule has 1 rings (SSSR count). The van der Waals surface area contributed by atoms with Gasteiger partial charge in [0.25, 0.3) is 0 Å². The van der Waals surface area contributed by atoms with Crippen molar-refractivity contribution in [1.82, 2.24) is 9.97 Å². The number of hydrogen-bond donors (Lipinski definition) is 1. The first-order chi connectivity index (χ1) is 5.72. The highest BCUT2D eigenvalue weighted by molar-refractivity contribution is 5.68. The second-order valence-electron chi connectivity index (χ2n) is 2.39. The van der Waals surface area contributed by atoms with Crippen molar-refractivity contribution >= 4 is 5.97 Å². The Morgan fingerprint density at radius 2 is 2.42 bits per heavy atom. The first-order valence-electron chi connectivity index (χ1n) is 3.75. The standard InChI is InChI=1S/C8H10N2O2/c1-2-6-3-4-9-7(10-6)5-8(11)12/h3-4H,2,5H2,1H3,(H,11,12). The van der Waals surface area contributed by atoms with E-state index in [1.54, 1.807) is 12.3 Å². The van der Waals surface area contributed by atoms with Crippen LogP contribution in [0.3, 0.4) is 0 Å². The number of carboxylic acid groups (broad SMARTS) is 1. The number of aromatic nitrogens is 2. The number of aryl methyl sites for hydroxylation is 1. The molecule has 0 saturated carbocycles. The molecular weight excluding hydrogens is 156 g/mol. The number of carbonyl (C=O) groups is 1. The van der Waals surface area contributed by atoms with Gasteiger partial charge in [-0.1, -0.05) is 6.92 Å². The Morgan fingerprint density at radius 1 is 1.67 bits per heavy atom. The van der Waals surface area contributed by atoms with E-state index in [4.69, 9.17) is 5.11 Å². The normalized spacial score (nSPS) is 9.75. The molecule has 0 aliphatic heterocycles. The van der Waals surface area contributed by atoms with Gasteiger partial charge in [-0.2, -0.15) is 0 Å². The number of rotatable bonds is 3. The van der Waals surface area contributed by atoms with Crippen LogP contribution in [0.1, 0.15) is 18.4 Å². The van der Waals surface area contributed by atoms with Crippen LogP contribution in [-0.4, -0.2) is 21.0 Å². The van der Waals surface area contributed by atoms with Gasteiger partial charge in [0, 0.05) is 11.9 Å². The van der Waals surface area contributed by atoms with Crippen molar-refractivity contribution in [3.8, 4) is 0 Å². The minimum absolute atomic E-state index is 0.103. The van der Waals surface area contributed by atoms with Crippen molar-refractivity contribution < 1.29 is 9.90 Å². The quantitative estimate of drug-likeness (QED) is 0.716. The molecular formula is C8H10N2O2. The fourth-order valence-electron chi connectivity index (χ4n) is 0.859. The summed E-state index contributed by atoms with van der Waals surface area (Å²) in [5.41, 5.74) is 0.876. The van der Waals surface area contributed by atoms with Gasteiger partial charge in [-0.05, 0) is 12.5 Å². The van der Waals surface area contributed by atoms with Crippen molar-refractivity contribution in [3.05, 3.63) is 23.8 Å². The average Bonchev–Trinajstić information content (AvgIpc) is 2.03. The molecule has 4 heteroatoms. The van der Waals surface area contributed by atoms with Crippen LogP contribution in [-0.2, 0) is 17.6 Å². The molecule has 0 bridgehead atoms. The van der Waals surface area contributed by atoms with Gasteiger partial charge >= 0.3 is 5.97 Å². The Bertz CT molecular complexity index is 286. The average molecular weight is 166 g/mol. The molecule has 0 unspecified atom stereocenters. The molecule has 0 spiro atoms. The van der Waals surface area contributed by atoms with E-state index in [0.717, 1.165) is 12.1 Å². The molecule has 1 aromatic heterocycles. The highest BCUT2D eigenvalue weighted by atomic mass is 16.4. The lowest BCUT2D eigenvalue weighted by Gasteiger charge is -1.97. The van der Waals surface area contributed by atoms with Crippen LogP contribution in [0.2, 0.25) is 0 Å². The smallest absolute Gasteiger partial charge is 0.311 e. The molecule has 0 atom stereocenters. The predicted molar refractivity (Wildman–Crippen MR) is 42.7 cm³/mol. The maximum Gasteiger partial charge on any atom is 0.311 e. The predicted octanol–water partition coefficient (Wildman–Crippen LogP) is 0.666. The zero-order valence-electron chi connectivity index (χ0n) is 6.82. The fraction of sp³-hybridized carbons (Fsp3) is 0.375. The summed E-state index contributed by atoms with van der Waals surface area (Å²) in [5, 5.41) is 8.45. The van der Waals surface area contributed by atoms with E-state index in [-0.39, 0.29) is 6.42 Å². The molecule has 0 saturated heterocycles. The summed E-state index contributed by atoms with van der Waals surface area (Å²) in [5.74, 6) is -0.523. The zero-order chi connectivity index (χ0) is 8.97. The molecule has 1 aromatic rings. The largest absolute Gasteiger partial charge is 0.481 e.